The Hall–Kier alpha value is -3.10. The molecule has 1 aliphatic heterocycles. The van der Waals surface area contributed by atoms with Crippen molar-refractivity contribution in [3.05, 3.63) is 18.2 Å². The van der Waals surface area contributed by atoms with Crippen LogP contribution in [0.3, 0.4) is 0 Å². The molecule has 0 radical (unpaired) electrons. The lowest BCUT2D eigenvalue weighted by atomic mass is 10.2. The van der Waals surface area contributed by atoms with Gasteiger partial charge in [-0.3, -0.25) is 19.3 Å². The number of hydrogen-bond acceptors (Lipinski definition) is 6. The van der Waals surface area contributed by atoms with E-state index in [9.17, 15) is 19.2 Å². The SMILES string of the molecule is CCN1C(=O)C(=O)N(CC(=O)Nc2ccc(OC)c(OC)c2)C1=O. The zero-order chi connectivity index (χ0) is 17.9. The first kappa shape index (κ1) is 17.3. The number of imide groups is 2. The van der Waals surface area contributed by atoms with Crippen molar-refractivity contribution in [2.75, 3.05) is 32.6 Å². The number of nitrogens with zero attached hydrogens (tertiary/aromatic N) is 2. The van der Waals surface area contributed by atoms with Crippen LogP contribution in [0.4, 0.5) is 10.5 Å². The van der Waals surface area contributed by atoms with E-state index >= 15 is 0 Å². The molecule has 24 heavy (non-hydrogen) atoms. The second kappa shape index (κ2) is 6.99. The first-order chi connectivity index (χ1) is 11.4. The van der Waals surface area contributed by atoms with Gasteiger partial charge in [0.05, 0.1) is 14.2 Å². The number of rotatable bonds is 6. The van der Waals surface area contributed by atoms with Crippen LogP contribution in [0.1, 0.15) is 6.92 Å². The van der Waals surface area contributed by atoms with Crippen molar-refractivity contribution in [2.45, 2.75) is 6.92 Å². The summed E-state index contributed by atoms with van der Waals surface area (Å²) in [4.78, 5) is 48.7. The third-order valence-electron chi connectivity index (χ3n) is 3.42. The molecule has 0 aliphatic carbocycles. The molecule has 128 valence electrons. The molecule has 9 nitrogen and oxygen atoms in total. The molecule has 1 N–H and O–H groups in total. The number of hydrogen-bond donors (Lipinski definition) is 1. The molecule has 1 heterocycles. The third-order valence-corrected chi connectivity index (χ3v) is 3.42. The fraction of sp³-hybridized carbons (Fsp3) is 0.333. The van der Waals surface area contributed by atoms with Gasteiger partial charge in [0.1, 0.15) is 6.54 Å². The zero-order valence-electron chi connectivity index (χ0n) is 13.5. The Morgan fingerprint density at radius 2 is 1.67 bits per heavy atom. The van der Waals surface area contributed by atoms with Gasteiger partial charge >= 0.3 is 17.8 Å². The number of benzene rings is 1. The van der Waals surface area contributed by atoms with Crippen molar-refractivity contribution in [3.8, 4) is 11.5 Å². The van der Waals surface area contributed by atoms with Gasteiger partial charge in [-0.1, -0.05) is 0 Å². The van der Waals surface area contributed by atoms with E-state index in [1.165, 1.54) is 20.3 Å². The minimum absolute atomic E-state index is 0.0667. The maximum atomic E-state index is 12.1. The molecule has 5 amide bonds. The van der Waals surface area contributed by atoms with Crippen LogP contribution < -0.4 is 14.8 Å². The van der Waals surface area contributed by atoms with E-state index in [-0.39, 0.29) is 6.54 Å². The summed E-state index contributed by atoms with van der Waals surface area (Å²) in [6, 6.07) is 3.92. The zero-order valence-corrected chi connectivity index (χ0v) is 13.5. The minimum Gasteiger partial charge on any atom is -0.493 e. The number of likely N-dealkylation sites (N-methyl/N-ethyl adjacent to an activating group) is 1. The van der Waals surface area contributed by atoms with Crippen molar-refractivity contribution < 1.29 is 28.7 Å². The van der Waals surface area contributed by atoms with Crippen LogP contribution >= 0.6 is 0 Å². The molecule has 0 unspecified atom stereocenters. The summed E-state index contributed by atoms with van der Waals surface area (Å²) < 4.78 is 10.2. The first-order valence-corrected chi connectivity index (χ1v) is 7.12. The third kappa shape index (κ3) is 3.14. The maximum Gasteiger partial charge on any atom is 0.334 e. The Labute approximate surface area is 138 Å². The molecule has 0 aromatic heterocycles. The normalized spacial score (nSPS) is 14.2. The van der Waals surface area contributed by atoms with Gasteiger partial charge in [0.15, 0.2) is 11.5 Å². The lowest BCUT2D eigenvalue weighted by Gasteiger charge is -2.14. The molecule has 1 fully saturated rings. The van der Waals surface area contributed by atoms with Crippen LogP contribution in [0.15, 0.2) is 18.2 Å². The van der Waals surface area contributed by atoms with Crippen molar-refractivity contribution in [3.63, 3.8) is 0 Å². The molecule has 0 spiro atoms. The summed E-state index contributed by atoms with van der Waals surface area (Å²) in [7, 11) is 2.94. The number of ether oxygens (including phenoxy) is 2. The molecule has 1 aromatic rings. The van der Waals surface area contributed by atoms with Crippen LogP contribution in [-0.4, -0.2) is 60.9 Å². The number of nitrogens with one attached hydrogen (secondary N) is 1. The average Bonchev–Trinajstić information content (AvgIpc) is 2.77. The number of carbonyl (C=O) groups is 4. The van der Waals surface area contributed by atoms with Crippen LogP contribution in [0, 0.1) is 0 Å². The molecule has 1 aliphatic rings. The Bertz CT molecular complexity index is 702. The van der Waals surface area contributed by atoms with Crippen molar-refractivity contribution in [1.82, 2.24) is 9.80 Å². The highest BCUT2D eigenvalue weighted by Gasteiger charge is 2.44. The largest absolute Gasteiger partial charge is 0.493 e. The minimum atomic E-state index is -1.01. The van der Waals surface area contributed by atoms with E-state index in [2.05, 4.69) is 5.32 Å². The summed E-state index contributed by atoms with van der Waals surface area (Å²) in [5, 5.41) is 2.53. The van der Waals surface area contributed by atoms with Crippen molar-refractivity contribution in [2.24, 2.45) is 0 Å². The maximum absolute atomic E-state index is 12.1. The quantitative estimate of drug-likeness (QED) is 0.598. The van der Waals surface area contributed by atoms with Gasteiger partial charge in [0, 0.05) is 18.3 Å². The summed E-state index contributed by atoms with van der Waals surface area (Å²) >= 11 is 0. The number of anilines is 1. The standard InChI is InChI=1S/C15H17N3O6/c1-4-17-13(20)14(21)18(15(17)22)8-12(19)16-9-5-6-10(23-2)11(7-9)24-3/h5-7H,4,8H2,1-3H3,(H,16,19). The molecular formula is C15H17N3O6. The van der Waals surface area contributed by atoms with E-state index in [1.54, 1.807) is 19.1 Å². The summed E-state index contributed by atoms with van der Waals surface area (Å²) in [6.45, 7) is 1.09. The van der Waals surface area contributed by atoms with E-state index in [0.29, 0.717) is 22.1 Å². The van der Waals surface area contributed by atoms with Crippen molar-refractivity contribution >= 4 is 29.4 Å². The molecule has 0 saturated carbocycles. The molecule has 1 aromatic carbocycles. The topological polar surface area (TPSA) is 105 Å². The summed E-state index contributed by atoms with van der Waals surface area (Å²) in [6.07, 6.45) is 0. The Morgan fingerprint density at radius 3 is 2.21 bits per heavy atom. The second-order valence-corrected chi connectivity index (χ2v) is 4.84. The van der Waals surface area contributed by atoms with Gasteiger partial charge in [-0.05, 0) is 19.1 Å². The van der Waals surface area contributed by atoms with E-state index in [4.69, 9.17) is 9.47 Å². The van der Waals surface area contributed by atoms with Crippen LogP contribution in [0.5, 0.6) is 11.5 Å². The fourth-order valence-electron chi connectivity index (χ4n) is 2.23. The molecule has 0 bridgehead atoms. The van der Waals surface area contributed by atoms with Crippen LogP contribution in [0.2, 0.25) is 0 Å². The van der Waals surface area contributed by atoms with E-state index < -0.39 is 30.3 Å². The van der Waals surface area contributed by atoms with Gasteiger partial charge in [-0.2, -0.15) is 0 Å². The molecule has 1 saturated heterocycles. The van der Waals surface area contributed by atoms with Gasteiger partial charge in [-0.25, -0.2) is 9.69 Å². The number of carbonyl (C=O) groups excluding carboxylic acids is 4. The number of amides is 5. The van der Waals surface area contributed by atoms with Gasteiger partial charge in [-0.15, -0.1) is 0 Å². The Balaban J connectivity index is 2.07. The monoisotopic (exact) mass is 335 g/mol. The van der Waals surface area contributed by atoms with E-state index in [0.717, 1.165) is 4.90 Å². The lowest BCUT2D eigenvalue weighted by molar-refractivity contribution is -0.143. The average molecular weight is 335 g/mol. The number of urea groups is 1. The van der Waals surface area contributed by atoms with E-state index in [1.807, 2.05) is 0 Å². The van der Waals surface area contributed by atoms with Gasteiger partial charge in [0.25, 0.3) is 0 Å². The smallest absolute Gasteiger partial charge is 0.334 e. The van der Waals surface area contributed by atoms with Crippen LogP contribution in [-0.2, 0) is 14.4 Å². The van der Waals surface area contributed by atoms with Crippen LogP contribution in [0.25, 0.3) is 0 Å². The van der Waals surface area contributed by atoms with Gasteiger partial charge in [0.2, 0.25) is 5.91 Å². The molecule has 0 atom stereocenters. The molecule has 9 heteroatoms. The fourth-order valence-corrected chi connectivity index (χ4v) is 2.23. The number of methoxy groups -OCH3 is 2. The Morgan fingerprint density at radius 1 is 1.04 bits per heavy atom. The Kier molecular flexibility index (Phi) is 5.02. The van der Waals surface area contributed by atoms with Crippen molar-refractivity contribution in [1.29, 1.82) is 0 Å². The summed E-state index contributed by atoms with van der Waals surface area (Å²) in [5.74, 6) is -1.65. The van der Waals surface area contributed by atoms with Gasteiger partial charge < -0.3 is 14.8 Å². The second-order valence-electron chi connectivity index (χ2n) is 4.84. The predicted molar refractivity (Wildman–Crippen MR) is 82.7 cm³/mol. The molecular weight excluding hydrogens is 318 g/mol. The summed E-state index contributed by atoms with van der Waals surface area (Å²) in [5.41, 5.74) is 0.399. The highest BCUT2D eigenvalue weighted by atomic mass is 16.5. The molecule has 2 rings (SSSR count). The highest BCUT2D eigenvalue weighted by Crippen LogP contribution is 2.29. The first-order valence-electron chi connectivity index (χ1n) is 7.12. The predicted octanol–water partition coefficient (Wildman–Crippen LogP) is 0.453. The highest BCUT2D eigenvalue weighted by molar-refractivity contribution is 6.45. The lowest BCUT2D eigenvalue weighted by Crippen LogP contribution is -2.38.